The molecular formula is C15H29N3. The van der Waals surface area contributed by atoms with Gasteiger partial charge < -0.3 is 9.88 Å². The molecule has 1 rings (SSSR count). The van der Waals surface area contributed by atoms with Gasteiger partial charge in [-0.3, -0.25) is 0 Å². The Labute approximate surface area is 112 Å². The normalized spacial score (nSPS) is 15.7. The molecule has 3 heteroatoms. The lowest BCUT2D eigenvalue weighted by Gasteiger charge is -2.31. The first-order valence-electron chi connectivity index (χ1n) is 7.04. The van der Waals surface area contributed by atoms with Crippen molar-refractivity contribution in [2.75, 3.05) is 6.54 Å². The fraction of sp³-hybridized carbons (Fsp3) is 0.800. The predicted molar refractivity (Wildman–Crippen MR) is 77.6 cm³/mol. The van der Waals surface area contributed by atoms with E-state index in [4.69, 9.17) is 0 Å². The highest BCUT2D eigenvalue weighted by molar-refractivity contribution is 4.95. The molecule has 1 heterocycles. The van der Waals surface area contributed by atoms with Gasteiger partial charge in [0, 0.05) is 31.9 Å². The molecule has 0 bridgehead atoms. The lowest BCUT2D eigenvalue weighted by atomic mass is 9.78. The van der Waals surface area contributed by atoms with Crippen LogP contribution in [0.4, 0.5) is 0 Å². The average Bonchev–Trinajstić information content (AvgIpc) is 2.63. The van der Waals surface area contributed by atoms with Gasteiger partial charge in [-0.05, 0) is 24.3 Å². The van der Waals surface area contributed by atoms with Gasteiger partial charge in [0.15, 0.2) is 0 Å². The molecule has 1 aromatic rings. The number of likely N-dealkylation sites (N-methyl/N-ethyl adjacent to an activating group) is 1. The Morgan fingerprint density at radius 3 is 2.50 bits per heavy atom. The summed E-state index contributed by atoms with van der Waals surface area (Å²) in [5, 5.41) is 3.60. The molecule has 0 aromatic carbocycles. The molecule has 0 aliphatic carbocycles. The molecule has 3 nitrogen and oxygen atoms in total. The van der Waals surface area contributed by atoms with E-state index in [0.29, 0.717) is 17.4 Å². The molecule has 0 aliphatic rings. The quantitative estimate of drug-likeness (QED) is 0.842. The fourth-order valence-electron chi connectivity index (χ4n) is 2.12. The van der Waals surface area contributed by atoms with E-state index in [9.17, 15) is 0 Å². The highest BCUT2D eigenvalue weighted by Gasteiger charge is 2.24. The molecule has 0 spiro atoms. The first-order chi connectivity index (χ1) is 8.34. The maximum absolute atomic E-state index is 4.43. The van der Waals surface area contributed by atoms with Gasteiger partial charge in [-0.25, -0.2) is 4.98 Å². The van der Waals surface area contributed by atoms with Crippen molar-refractivity contribution < 1.29 is 0 Å². The van der Waals surface area contributed by atoms with Gasteiger partial charge in [-0.15, -0.1) is 0 Å². The van der Waals surface area contributed by atoms with E-state index >= 15 is 0 Å². The van der Waals surface area contributed by atoms with Crippen LogP contribution < -0.4 is 5.32 Å². The van der Waals surface area contributed by atoms with E-state index in [1.54, 1.807) is 0 Å². The van der Waals surface area contributed by atoms with E-state index < -0.39 is 0 Å². The maximum atomic E-state index is 4.43. The molecule has 0 amide bonds. The summed E-state index contributed by atoms with van der Waals surface area (Å²) < 4.78 is 2.12. The highest BCUT2D eigenvalue weighted by atomic mass is 15.0. The molecule has 1 N–H and O–H groups in total. The Bertz CT molecular complexity index is 349. The van der Waals surface area contributed by atoms with Gasteiger partial charge in [0.2, 0.25) is 0 Å². The van der Waals surface area contributed by atoms with E-state index in [0.717, 1.165) is 13.0 Å². The van der Waals surface area contributed by atoms with Crippen molar-refractivity contribution in [2.24, 2.45) is 18.4 Å². The minimum Gasteiger partial charge on any atom is -0.338 e. The van der Waals surface area contributed by atoms with E-state index in [-0.39, 0.29) is 0 Å². The van der Waals surface area contributed by atoms with Crippen LogP contribution in [0.25, 0.3) is 0 Å². The number of aromatic nitrogens is 2. The van der Waals surface area contributed by atoms with Gasteiger partial charge in [-0.2, -0.15) is 0 Å². The van der Waals surface area contributed by atoms with Gasteiger partial charge in [0.1, 0.15) is 5.82 Å². The third kappa shape index (κ3) is 4.45. The number of hydrogen-bond acceptors (Lipinski definition) is 2. The summed E-state index contributed by atoms with van der Waals surface area (Å²) in [6.07, 6.45) is 6.11. The van der Waals surface area contributed by atoms with E-state index in [1.165, 1.54) is 12.2 Å². The number of aryl methyl sites for hydroxylation is 1. The second-order valence-electron chi connectivity index (χ2n) is 6.42. The van der Waals surface area contributed by atoms with Crippen molar-refractivity contribution >= 4 is 0 Å². The number of hydrogen-bond donors (Lipinski definition) is 1. The summed E-state index contributed by atoms with van der Waals surface area (Å²) in [4.78, 5) is 4.43. The molecule has 1 aromatic heterocycles. The summed E-state index contributed by atoms with van der Waals surface area (Å²) in [6.45, 7) is 12.5. The van der Waals surface area contributed by atoms with Crippen LogP contribution in [0.3, 0.4) is 0 Å². The van der Waals surface area contributed by atoms with Crippen LogP contribution in [-0.4, -0.2) is 22.1 Å². The minimum atomic E-state index is 0.370. The lowest BCUT2D eigenvalue weighted by Crippen LogP contribution is -2.35. The van der Waals surface area contributed by atoms with Gasteiger partial charge in [-0.1, -0.05) is 34.6 Å². The van der Waals surface area contributed by atoms with Crippen LogP contribution in [-0.2, 0) is 13.5 Å². The SMILES string of the molecule is CCNC(Cc1nccn1C)CC(C)C(C)(C)C. The van der Waals surface area contributed by atoms with E-state index in [1.807, 2.05) is 12.4 Å². The Hall–Kier alpha value is -0.830. The zero-order valence-electron chi connectivity index (χ0n) is 12.8. The minimum absolute atomic E-state index is 0.370. The Morgan fingerprint density at radius 2 is 2.06 bits per heavy atom. The van der Waals surface area contributed by atoms with Crippen LogP contribution in [0.1, 0.15) is 46.9 Å². The molecule has 2 atom stereocenters. The lowest BCUT2D eigenvalue weighted by molar-refractivity contribution is 0.221. The molecule has 104 valence electrons. The number of nitrogens with zero attached hydrogens (tertiary/aromatic N) is 2. The standard InChI is InChI=1S/C15H29N3/c1-7-16-13(10-12(2)15(3,4)5)11-14-17-8-9-18(14)6/h8-9,12-13,16H,7,10-11H2,1-6H3. The molecule has 0 saturated carbocycles. The Kier molecular flexibility index (Phi) is 5.39. The van der Waals surface area contributed by atoms with Crippen molar-refractivity contribution in [2.45, 2.75) is 53.5 Å². The van der Waals surface area contributed by atoms with Crippen LogP contribution in [0.15, 0.2) is 12.4 Å². The first-order valence-corrected chi connectivity index (χ1v) is 7.04. The second kappa shape index (κ2) is 6.37. The smallest absolute Gasteiger partial charge is 0.109 e. The molecule has 18 heavy (non-hydrogen) atoms. The topological polar surface area (TPSA) is 29.9 Å². The summed E-state index contributed by atoms with van der Waals surface area (Å²) in [7, 11) is 2.07. The van der Waals surface area contributed by atoms with Gasteiger partial charge in [0.05, 0.1) is 0 Å². The molecule has 0 saturated heterocycles. The second-order valence-corrected chi connectivity index (χ2v) is 6.42. The third-order valence-corrected chi connectivity index (χ3v) is 3.96. The molecule has 0 fully saturated rings. The van der Waals surface area contributed by atoms with Crippen molar-refractivity contribution in [1.29, 1.82) is 0 Å². The number of imidazole rings is 1. The Balaban J connectivity index is 2.63. The largest absolute Gasteiger partial charge is 0.338 e. The summed E-state index contributed by atoms with van der Waals surface area (Å²) in [5.41, 5.74) is 0.370. The number of rotatable bonds is 6. The number of nitrogens with one attached hydrogen (secondary N) is 1. The van der Waals surface area contributed by atoms with Crippen LogP contribution in [0.5, 0.6) is 0 Å². The maximum Gasteiger partial charge on any atom is 0.109 e. The zero-order chi connectivity index (χ0) is 13.8. The summed E-state index contributed by atoms with van der Waals surface area (Å²) in [5.74, 6) is 1.86. The molecular weight excluding hydrogens is 222 g/mol. The van der Waals surface area contributed by atoms with Crippen LogP contribution in [0, 0.1) is 11.3 Å². The van der Waals surface area contributed by atoms with E-state index in [2.05, 4.69) is 56.5 Å². The molecule has 0 aliphatic heterocycles. The Morgan fingerprint density at radius 1 is 1.39 bits per heavy atom. The molecule has 2 unspecified atom stereocenters. The third-order valence-electron chi connectivity index (χ3n) is 3.96. The van der Waals surface area contributed by atoms with Crippen LogP contribution >= 0.6 is 0 Å². The predicted octanol–water partition coefficient (Wildman–Crippen LogP) is 3.01. The monoisotopic (exact) mass is 251 g/mol. The van der Waals surface area contributed by atoms with Gasteiger partial charge >= 0.3 is 0 Å². The average molecular weight is 251 g/mol. The fourth-order valence-corrected chi connectivity index (χ4v) is 2.12. The van der Waals surface area contributed by atoms with Crippen molar-refractivity contribution in [3.63, 3.8) is 0 Å². The van der Waals surface area contributed by atoms with Crippen molar-refractivity contribution in [3.05, 3.63) is 18.2 Å². The highest BCUT2D eigenvalue weighted by Crippen LogP contribution is 2.29. The van der Waals surface area contributed by atoms with Crippen molar-refractivity contribution in [1.82, 2.24) is 14.9 Å². The van der Waals surface area contributed by atoms with Gasteiger partial charge in [0.25, 0.3) is 0 Å². The molecule has 0 radical (unpaired) electrons. The summed E-state index contributed by atoms with van der Waals surface area (Å²) >= 11 is 0. The zero-order valence-corrected chi connectivity index (χ0v) is 12.8. The van der Waals surface area contributed by atoms with Crippen LogP contribution in [0.2, 0.25) is 0 Å². The first kappa shape index (κ1) is 15.2. The summed E-state index contributed by atoms with van der Waals surface area (Å²) in [6, 6.07) is 0.519. The van der Waals surface area contributed by atoms with Crippen molar-refractivity contribution in [3.8, 4) is 0 Å².